The molecule has 1 rings (SSSR count). The van der Waals surface area contributed by atoms with Gasteiger partial charge in [-0.05, 0) is 24.1 Å². The van der Waals surface area contributed by atoms with Gasteiger partial charge in [0.25, 0.3) is 0 Å². The molecule has 0 heterocycles. The molecule has 0 amide bonds. The Morgan fingerprint density at radius 1 is 0.920 bits per heavy atom. The van der Waals surface area contributed by atoms with Crippen LogP contribution in [0, 0.1) is 0 Å². The van der Waals surface area contributed by atoms with E-state index < -0.39 is 16.1 Å². The summed E-state index contributed by atoms with van der Waals surface area (Å²) in [5.74, 6) is -0.00805. The highest BCUT2D eigenvalue weighted by atomic mass is 32.2. The van der Waals surface area contributed by atoms with E-state index in [1.54, 1.807) is 12.1 Å². The molecule has 1 aromatic rings. The lowest BCUT2D eigenvalue weighted by molar-refractivity contribution is -0.120. The zero-order valence-electron chi connectivity index (χ0n) is 15.2. The second kappa shape index (κ2) is 11.4. The van der Waals surface area contributed by atoms with Gasteiger partial charge in [0.05, 0.1) is 10.9 Å². The molecule has 5 nitrogen and oxygen atoms in total. The molecule has 0 fully saturated rings. The first kappa shape index (κ1) is 21.8. The smallest absolute Gasteiger partial charge is 0.238 e. The van der Waals surface area contributed by atoms with Crippen LogP contribution in [0.4, 0.5) is 0 Å². The topological polar surface area (TPSA) is 103 Å². The molecule has 0 radical (unpaired) electrons. The van der Waals surface area contributed by atoms with Crippen molar-refractivity contribution < 1.29 is 13.2 Å². The monoisotopic (exact) mass is 368 g/mol. The third-order valence-corrected chi connectivity index (χ3v) is 5.37. The van der Waals surface area contributed by atoms with Crippen LogP contribution in [0.1, 0.15) is 82.7 Å². The summed E-state index contributed by atoms with van der Waals surface area (Å²) in [6.45, 7) is 2.22. The molecule has 0 spiro atoms. The molecule has 0 saturated heterocycles. The van der Waals surface area contributed by atoms with Crippen molar-refractivity contribution in [2.45, 2.75) is 82.1 Å². The van der Waals surface area contributed by atoms with Crippen LogP contribution in [0.2, 0.25) is 0 Å². The van der Waals surface area contributed by atoms with E-state index >= 15 is 0 Å². The predicted molar refractivity (Wildman–Crippen MR) is 102 cm³/mol. The second-order valence-corrected chi connectivity index (χ2v) is 8.20. The van der Waals surface area contributed by atoms with Crippen molar-refractivity contribution >= 4 is 15.8 Å². The molecule has 1 unspecified atom stereocenters. The first-order valence-electron chi connectivity index (χ1n) is 9.27. The van der Waals surface area contributed by atoms with Crippen LogP contribution >= 0.6 is 0 Å². The molecule has 6 heteroatoms. The Balaban J connectivity index is 2.26. The SMILES string of the molecule is CCCCCCCCCCCC(=O)C(N)c1ccc(S(N)(=O)=O)cc1. The minimum absolute atomic E-state index is 0.00805. The molecule has 1 aromatic carbocycles. The lowest BCUT2D eigenvalue weighted by Gasteiger charge is -2.11. The fourth-order valence-electron chi connectivity index (χ4n) is 2.82. The lowest BCUT2D eigenvalue weighted by Crippen LogP contribution is -2.21. The molecule has 0 saturated carbocycles. The van der Waals surface area contributed by atoms with Gasteiger partial charge >= 0.3 is 0 Å². The number of hydrogen-bond donors (Lipinski definition) is 2. The van der Waals surface area contributed by atoms with Crippen LogP contribution in [0.25, 0.3) is 0 Å². The average molecular weight is 369 g/mol. The highest BCUT2D eigenvalue weighted by Crippen LogP contribution is 2.18. The quantitative estimate of drug-likeness (QED) is 0.516. The molecule has 1 atom stereocenters. The summed E-state index contributed by atoms with van der Waals surface area (Å²) in [5.41, 5.74) is 6.60. The number of nitrogens with two attached hydrogens (primary N) is 2. The minimum atomic E-state index is -3.72. The number of unbranched alkanes of at least 4 members (excludes halogenated alkanes) is 8. The molecule has 4 N–H and O–H groups in total. The largest absolute Gasteiger partial charge is 0.318 e. The van der Waals surface area contributed by atoms with Gasteiger partial charge in [0, 0.05) is 6.42 Å². The first-order chi connectivity index (χ1) is 11.9. The Bertz CT molecular complexity index is 612. The van der Waals surface area contributed by atoms with Crippen molar-refractivity contribution in [3.8, 4) is 0 Å². The Morgan fingerprint density at radius 2 is 1.40 bits per heavy atom. The lowest BCUT2D eigenvalue weighted by atomic mass is 9.99. The van der Waals surface area contributed by atoms with E-state index in [2.05, 4.69) is 6.92 Å². The van der Waals surface area contributed by atoms with E-state index in [1.165, 1.54) is 50.7 Å². The Kier molecular flexibility index (Phi) is 9.93. The summed E-state index contributed by atoms with van der Waals surface area (Å²) in [6.07, 6.45) is 11.3. The van der Waals surface area contributed by atoms with Crippen molar-refractivity contribution in [1.82, 2.24) is 0 Å². The van der Waals surface area contributed by atoms with Crippen LogP contribution in [-0.4, -0.2) is 14.2 Å². The van der Waals surface area contributed by atoms with Gasteiger partial charge < -0.3 is 5.73 Å². The number of primary sulfonamides is 1. The third kappa shape index (κ3) is 8.61. The molecular formula is C19H32N2O3S. The van der Waals surface area contributed by atoms with E-state index in [0.29, 0.717) is 12.0 Å². The number of sulfonamides is 1. The van der Waals surface area contributed by atoms with Crippen molar-refractivity contribution in [3.05, 3.63) is 29.8 Å². The number of carbonyl (C=O) groups is 1. The van der Waals surface area contributed by atoms with Crippen LogP contribution in [-0.2, 0) is 14.8 Å². The molecule has 25 heavy (non-hydrogen) atoms. The van der Waals surface area contributed by atoms with Crippen LogP contribution in [0.3, 0.4) is 0 Å². The molecule has 0 aromatic heterocycles. The van der Waals surface area contributed by atoms with E-state index in [1.807, 2.05) is 0 Å². The van der Waals surface area contributed by atoms with E-state index in [-0.39, 0.29) is 10.7 Å². The molecule has 0 bridgehead atoms. The highest BCUT2D eigenvalue weighted by Gasteiger charge is 2.16. The first-order valence-corrected chi connectivity index (χ1v) is 10.8. The number of carbonyl (C=O) groups excluding carboxylic acids is 1. The molecule has 0 aliphatic rings. The maximum atomic E-state index is 12.2. The van der Waals surface area contributed by atoms with Gasteiger partial charge in [0.2, 0.25) is 10.0 Å². The van der Waals surface area contributed by atoms with Gasteiger partial charge in [-0.25, -0.2) is 13.6 Å². The number of ketones is 1. The average Bonchev–Trinajstić information content (AvgIpc) is 2.59. The molecular weight excluding hydrogens is 336 g/mol. The minimum Gasteiger partial charge on any atom is -0.318 e. The number of benzene rings is 1. The maximum absolute atomic E-state index is 12.2. The van der Waals surface area contributed by atoms with Crippen molar-refractivity contribution in [2.75, 3.05) is 0 Å². The van der Waals surface area contributed by atoms with Crippen molar-refractivity contribution in [3.63, 3.8) is 0 Å². The maximum Gasteiger partial charge on any atom is 0.238 e. The summed E-state index contributed by atoms with van der Waals surface area (Å²) in [5, 5.41) is 5.06. The summed E-state index contributed by atoms with van der Waals surface area (Å²) < 4.78 is 22.5. The van der Waals surface area contributed by atoms with Crippen molar-refractivity contribution in [2.24, 2.45) is 10.9 Å². The van der Waals surface area contributed by atoms with Gasteiger partial charge in [-0.3, -0.25) is 4.79 Å². The van der Waals surface area contributed by atoms with Crippen LogP contribution in [0.15, 0.2) is 29.2 Å². The Hall–Kier alpha value is -1.24. The molecule has 0 aliphatic heterocycles. The summed E-state index contributed by atoms with van der Waals surface area (Å²) >= 11 is 0. The summed E-state index contributed by atoms with van der Waals surface area (Å²) in [6, 6.07) is 5.17. The van der Waals surface area contributed by atoms with E-state index in [4.69, 9.17) is 10.9 Å². The van der Waals surface area contributed by atoms with Crippen LogP contribution in [0.5, 0.6) is 0 Å². The molecule has 0 aliphatic carbocycles. The summed E-state index contributed by atoms with van der Waals surface area (Å²) in [4.78, 5) is 12.2. The van der Waals surface area contributed by atoms with Gasteiger partial charge in [0.15, 0.2) is 5.78 Å². The van der Waals surface area contributed by atoms with Gasteiger partial charge in [-0.1, -0.05) is 70.4 Å². The fourth-order valence-corrected chi connectivity index (χ4v) is 3.33. The van der Waals surface area contributed by atoms with Crippen molar-refractivity contribution in [1.29, 1.82) is 0 Å². The predicted octanol–water partition coefficient (Wildman–Crippen LogP) is 3.82. The highest BCUT2D eigenvalue weighted by molar-refractivity contribution is 7.89. The second-order valence-electron chi connectivity index (χ2n) is 6.64. The van der Waals surface area contributed by atoms with Crippen LogP contribution < -0.4 is 10.9 Å². The van der Waals surface area contributed by atoms with Gasteiger partial charge in [0.1, 0.15) is 0 Å². The van der Waals surface area contributed by atoms with Gasteiger partial charge in [-0.15, -0.1) is 0 Å². The number of Topliss-reactive ketones (excluding diaryl/α,β-unsaturated/α-hetero) is 1. The number of rotatable bonds is 13. The zero-order valence-corrected chi connectivity index (χ0v) is 16.1. The Labute approximate surface area is 152 Å². The van der Waals surface area contributed by atoms with E-state index in [0.717, 1.165) is 19.3 Å². The molecule has 142 valence electrons. The standard InChI is InChI=1S/C19H32N2O3S/c1-2-3-4-5-6-7-8-9-10-11-18(22)19(20)16-12-14-17(15-13-16)25(21,23)24/h12-15,19H,2-11,20H2,1H3,(H2,21,23,24). The Morgan fingerprint density at radius 3 is 1.88 bits per heavy atom. The normalized spacial score (nSPS) is 12.9. The number of hydrogen-bond acceptors (Lipinski definition) is 4. The fraction of sp³-hybridized carbons (Fsp3) is 0.632. The third-order valence-electron chi connectivity index (χ3n) is 4.44. The summed E-state index contributed by atoms with van der Waals surface area (Å²) in [7, 11) is -3.72. The van der Waals surface area contributed by atoms with Gasteiger partial charge in [-0.2, -0.15) is 0 Å². The van der Waals surface area contributed by atoms with E-state index in [9.17, 15) is 13.2 Å². The zero-order chi connectivity index (χ0) is 18.7.